The molecule has 0 fully saturated rings. The van der Waals surface area contributed by atoms with Gasteiger partial charge in [-0.25, -0.2) is 4.39 Å². The Morgan fingerprint density at radius 3 is 2.77 bits per heavy atom. The van der Waals surface area contributed by atoms with Gasteiger partial charge in [0.15, 0.2) is 0 Å². The highest BCUT2D eigenvalue weighted by atomic mass is 32.2. The molecule has 0 spiro atoms. The van der Waals surface area contributed by atoms with E-state index in [1.165, 1.54) is 23.9 Å². The molecular formula is C15H18FN3O2S. The second-order valence-corrected chi connectivity index (χ2v) is 6.83. The molecule has 118 valence electrons. The number of rotatable bonds is 5. The molecule has 0 bridgehead atoms. The first-order valence-electron chi connectivity index (χ1n) is 6.87. The van der Waals surface area contributed by atoms with Crippen molar-refractivity contribution in [1.82, 2.24) is 10.2 Å². The Kier molecular flexibility index (Phi) is 5.18. The van der Waals surface area contributed by atoms with Crippen LogP contribution < -0.4 is 5.32 Å². The number of anilines is 1. The second kappa shape index (κ2) is 6.91. The summed E-state index contributed by atoms with van der Waals surface area (Å²) in [6.07, 6.45) is 0.272. The van der Waals surface area contributed by atoms with Gasteiger partial charge in [-0.3, -0.25) is 4.79 Å². The van der Waals surface area contributed by atoms with Crippen LogP contribution in [0.3, 0.4) is 0 Å². The Bertz CT molecular complexity index is 652. The van der Waals surface area contributed by atoms with Crippen LogP contribution >= 0.6 is 11.8 Å². The van der Waals surface area contributed by atoms with Crippen molar-refractivity contribution >= 4 is 23.4 Å². The summed E-state index contributed by atoms with van der Waals surface area (Å²) in [5, 5.41) is 11.0. The first kappa shape index (κ1) is 16.5. The fourth-order valence-corrected chi connectivity index (χ4v) is 2.29. The SMILES string of the molecule is CC(C)(C)c1nnc(SCCC(=O)Nc2cccc(F)c2)o1. The Morgan fingerprint density at radius 2 is 2.14 bits per heavy atom. The Hall–Kier alpha value is -1.89. The molecule has 0 unspecified atom stereocenters. The molecule has 0 aliphatic carbocycles. The average Bonchev–Trinajstić information content (AvgIpc) is 2.87. The summed E-state index contributed by atoms with van der Waals surface area (Å²) in [5.41, 5.74) is 0.253. The van der Waals surface area contributed by atoms with E-state index < -0.39 is 0 Å². The van der Waals surface area contributed by atoms with Gasteiger partial charge >= 0.3 is 0 Å². The van der Waals surface area contributed by atoms with Crippen molar-refractivity contribution in [3.8, 4) is 0 Å². The highest BCUT2D eigenvalue weighted by Gasteiger charge is 2.21. The molecular weight excluding hydrogens is 305 g/mol. The largest absolute Gasteiger partial charge is 0.415 e. The number of hydrogen-bond donors (Lipinski definition) is 1. The fraction of sp³-hybridized carbons (Fsp3) is 0.400. The van der Waals surface area contributed by atoms with E-state index in [1.54, 1.807) is 12.1 Å². The summed E-state index contributed by atoms with van der Waals surface area (Å²) >= 11 is 1.32. The zero-order valence-electron chi connectivity index (χ0n) is 12.7. The number of halogens is 1. The fourth-order valence-electron chi connectivity index (χ4n) is 1.59. The first-order valence-corrected chi connectivity index (χ1v) is 7.85. The number of nitrogens with one attached hydrogen (secondary N) is 1. The molecule has 0 saturated heterocycles. The maximum absolute atomic E-state index is 13.0. The van der Waals surface area contributed by atoms with Crippen molar-refractivity contribution in [3.63, 3.8) is 0 Å². The van der Waals surface area contributed by atoms with Crippen LogP contribution in [0.2, 0.25) is 0 Å². The van der Waals surface area contributed by atoms with Gasteiger partial charge in [-0.05, 0) is 18.2 Å². The maximum atomic E-state index is 13.0. The van der Waals surface area contributed by atoms with Gasteiger partial charge in [0.2, 0.25) is 11.8 Å². The van der Waals surface area contributed by atoms with Gasteiger partial charge in [0, 0.05) is 23.3 Å². The minimum Gasteiger partial charge on any atom is -0.415 e. The third-order valence-corrected chi connectivity index (χ3v) is 3.53. The summed E-state index contributed by atoms with van der Waals surface area (Å²) in [6.45, 7) is 5.96. The van der Waals surface area contributed by atoms with Crippen LogP contribution in [0.4, 0.5) is 10.1 Å². The lowest BCUT2D eigenvalue weighted by molar-refractivity contribution is -0.115. The van der Waals surface area contributed by atoms with Crippen molar-refractivity contribution < 1.29 is 13.6 Å². The molecule has 0 aliphatic rings. The Morgan fingerprint density at radius 1 is 1.36 bits per heavy atom. The standard InChI is InChI=1S/C15H18FN3O2S/c1-15(2,3)13-18-19-14(21-13)22-8-7-12(20)17-11-6-4-5-10(16)9-11/h4-6,9H,7-8H2,1-3H3,(H,17,20). The molecule has 5 nitrogen and oxygen atoms in total. The lowest BCUT2D eigenvalue weighted by Gasteiger charge is -2.10. The lowest BCUT2D eigenvalue weighted by atomic mass is 9.97. The van der Waals surface area contributed by atoms with Crippen molar-refractivity contribution in [1.29, 1.82) is 0 Å². The second-order valence-electron chi connectivity index (χ2n) is 5.78. The van der Waals surface area contributed by atoms with E-state index >= 15 is 0 Å². The number of amides is 1. The summed E-state index contributed by atoms with van der Waals surface area (Å²) in [5.74, 6) is 0.507. The van der Waals surface area contributed by atoms with Gasteiger partial charge in [0.05, 0.1) is 0 Å². The van der Waals surface area contributed by atoms with Crippen LogP contribution in [0.5, 0.6) is 0 Å². The number of nitrogens with zero attached hydrogens (tertiary/aromatic N) is 2. The van der Waals surface area contributed by atoms with E-state index in [4.69, 9.17) is 4.42 Å². The van der Waals surface area contributed by atoms with Crippen LogP contribution in [0.25, 0.3) is 0 Å². The number of benzene rings is 1. The molecule has 22 heavy (non-hydrogen) atoms. The molecule has 1 aromatic heterocycles. The third-order valence-electron chi connectivity index (χ3n) is 2.71. The predicted octanol–water partition coefficient (Wildman–Crippen LogP) is 3.63. The van der Waals surface area contributed by atoms with E-state index in [2.05, 4.69) is 15.5 Å². The highest BCUT2D eigenvalue weighted by Crippen LogP contribution is 2.24. The smallest absolute Gasteiger partial charge is 0.276 e. The zero-order chi connectivity index (χ0) is 16.2. The summed E-state index contributed by atoms with van der Waals surface area (Å²) in [6, 6.07) is 5.79. The van der Waals surface area contributed by atoms with Gasteiger partial charge in [-0.2, -0.15) is 0 Å². The van der Waals surface area contributed by atoms with Gasteiger partial charge in [0.1, 0.15) is 5.82 Å². The summed E-state index contributed by atoms with van der Waals surface area (Å²) < 4.78 is 18.5. The van der Waals surface area contributed by atoms with Crippen LogP contribution in [-0.4, -0.2) is 21.9 Å². The van der Waals surface area contributed by atoms with Gasteiger partial charge < -0.3 is 9.73 Å². The van der Waals surface area contributed by atoms with Crippen molar-refractivity contribution in [2.24, 2.45) is 0 Å². The van der Waals surface area contributed by atoms with Crippen molar-refractivity contribution in [3.05, 3.63) is 36.0 Å². The Balaban J connectivity index is 1.79. The Labute approximate surface area is 132 Å². The average molecular weight is 323 g/mol. The van der Waals surface area contributed by atoms with Gasteiger partial charge in [-0.15, -0.1) is 10.2 Å². The van der Waals surface area contributed by atoms with E-state index in [1.807, 2.05) is 20.8 Å². The van der Waals surface area contributed by atoms with E-state index in [9.17, 15) is 9.18 Å². The molecule has 1 heterocycles. The normalized spacial score (nSPS) is 11.5. The van der Waals surface area contributed by atoms with Crippen LogP contribution in [0.1, 0.15) is 33.1 Å². The van der Waals surface area contributed by atoms with Crippen molar-refractivity contribution in [2.75, 3.05) is 11.1 Å². The number of carbonyl (C=O) groups is 1. The summed E-state index contributed by atoms with van der Waals surface area (Å²) in [7, 11) is 0. The minimum absolute atomic E-state index is 0.186. The highest BCUT2D eigenvalue weighted by molar-refractivity contribution is 7.99. The number of carbonyl (C=O) groups excluding carboxylic acids is 1. The molecule has 1 amide bonds. The summed E-state index contributed by atoms with van der Waals surface area (Å²) in [4.78, 5) is 11.8. The molecule has 0 aliphatic heterocycles. The molecule has 2 rings (SSSR count). The molecule has 2 aromatic rings. The lowest BCUT2D eigenvalue weighted by Crippen LogP contribution is -2.12. The van der Waals surface area contributed by atoms with Crippen molar-refractivity contribution in [2.45, 2.75) is 37.8 Å². The number of thioether (sulfide) groups is 1. The quantitative estimate of drug-likeness (QED) is 0.851. The van der Waals surface area contributed by atoms with Crippen LogP contribution in [-0.2, 0) is 10.2 Å². The molecule has 1 N–H and O–H groups in total. The number of hydrogen-bond acceptors (Lipinski definition) is 5. The zero-order valence-corrected chi connectivity index (χ0v) is 13.5. The minimum atomic E-state index is -0.382. The van der Waals surface area contributed by atoms with Crippen LogP contribution in [0.15, 0.2) is 33.9 Å². The molecule has 0 atom stereocenters. The van der Waals surface area contributed by atoms with E-state index in [0.717, 1.165) is 0 Å². The van der Waals surface area contributed by atoms with Gasteiger partial charge in [0.25, 0.3) is 5.22 Å². The van der Waals surface area contributed by atoms with E-state index in [0.29, 0.717) is 22.6 Å². The maximum Gasteiger partial charge on any atom is 0.276 e. The van der Waals surface area contributed by atoms with E-state index in [-0.39, 0.29) is 23.6 Å². The third kappa shape index (κ3) is 4.84. The topological polar surface area (TPSA) is 68.0 Å². The molecule has 0 radical (unpaired) electrons. The first-order chi connectivity index (χ1) is 10.3. The molecule has 7 heteroatoms. The monoisotopic (exact) mass is 323 g/mol. The molecule has 1 aromatic carbocycles. The number of aromatic nitrogens is 2. The molecule has 0 saturated carbocycles. The van der Waals surface area contributed by atoms with Gasteiger partial charge in [-0.1, -0.05) is 38.6 Å². The van der Waals surface area contributed by atoms with Crippen LogP contribution in [0, 0.1) is 5.82 Å². The predicted molar refractivity (Wildman–Crippen MR) is 83.4 cm³/mol.